The molecule has 1 aliphatic heterocycles. The van der Waals surface area contributed by atoms with E-state index < -0.39 is 0 Å². The van der Waals surface area contributed by atoms with Gasteiger partial charge < -0.3 is 10.1 Å². The Kier molecular flexibility index (Phi) is 5.61. The molecule has 0 saturated carbocycles. The van der Waals surface area contributed by atoms with Crippen molar-refractivity contribution < 1.29 is 4.74 Å². The SMILES string of the molecule is Cl.c1ccc(CO[C@H]2CCCNC2)nc1. The van der Waals surface area contributed by atoms with Crippen molar-refractivity contribution in [3.8, 4) is 0 Å². The minimum Gasteiger partial charge on any atom is -0.371 e. The molecular weight excluding hydrogens is 212 g/mol. The Bertz CT molecular complexity index is 263. The molecule has 0 radical (unpaired) electrons. The van der Waals surface area contributed by atoms with Gasteiger partial charge in [-0.3, -0.25) is 4.98 Å². The maximum atomic E-state index is 5.74. The molecule has 0 unspecified atom stereocenters. The maximum absolute atomic E-state index is 5.74. The van der Waals surface area contributed by atoms with Crippen LogP contribution in [0.3, 0.4) is 0 Å². The van der Waals surface area contributed by atoms with Gasteiger partial charge in [0.05, 0.1) is 18.4 Å². The molecule has 0 amide bonds. The first-order valence-corrected chi connectivity index (χ1v) is 5.17. The summed E-state index contributed by atoms with van der Waals surface area (Å²) in [4.78, 5) is 4.22. The van der Waals surface area contributed by atoms with E-state index in [1.54, 1.807) is 6.20 Å². The molecule has 0 spiro atoms. The summed E-state index contributed by atoms with van der Waals surface area (Å²) in [5, 5.41) is 3.33. The predicted octanol–water partition coefficient (Wildman–Crippen LogP) is 1.77. The molecule has 1 saturated heterocycles. The molecule has 3 nitrogen and oxygen atoms in total. The summed E-state index contributed by atoms with van der Waals surface area (Å²) in [5.74, 6) is 0. The Hall–Kier alpha value is -0.640. The summed E-state index contributed by atoms with van der Waals surface area (Å²) < 4.78 is 5.74. The third-order valence-corrected chi connectivity index (χ3v) is 2.44. The second kappa shape index (κ2) is 6.77. The molecule has 0 aliphatic carbocycles. The van der Waals surface area contributed by atoms with Gasteiger partial charge in [0.2, 0.25) is 0 Å². The number of nitrogens with one attached hydrogen (secondary N) is 1. The number of piperidine rings is 1. The van der Waals surface area contributed by atoms with Crippen molar-refractivity contribution >= 4 is 12.4 Å². The number of hydrogen-bond acceptors (Lipinski definition) is 3. The van der Waals surface area contributed by atoms with Gasteiger partial charge in [0.1, 0.15) is 0 Å². The van der Waals surface area contributed by atoms with Crippen molar-refractivity contribution in [2.45, 2.75) is 25.6 Å². The Morgan fingerprint density at radius 1 is 1.47 bits per heavy atom. The third kappa shape index (κ3) is 4.16. The van der Waals surface area contributed by atoms with Crippen LogP contribution in [0.5, 0.6) is 0 Å². The van der Waals surface area contributed by atoms with Gasteiger partial charge >= 0.3 is 0 Å². The highest BCUT2D eigenvalue weighted by atomic mass is 35.5. The standard InChI is InChI=1S/C11H16N2O.ClH/c1-2-7-13-10(4-1)9-14-11-5-3-6-12-8-11;/h1-2,4,7,11-12H,3,5-6,8-9H2;1H/t11-;/m0./s1. The first kappa shape index (κ1) is 12.4. The van der Waals surface area contributed by atoms with E-state index in [1.807, 2.05) is 18.2 Å². The maximum Gasteiger partial charge on any atom is 0.0892 e. The van der Waals surface area contributed by atoms with Gasteiger partial charge in [-0.05, 0) is 31.5 Å². The van der Waals surface area contributed by atoms with Crippen LogP contribution in [0.1, 0.15) is 18.5 Å². The highest BCUT2D eigenvalue weighted by Crippen LogP contribution is 2.08. The average molecular weight is 229 g/mol. The zero-order valence-corrected chi connectivity index (χ0v) is 9.50. The van der Waals surface area contributed by atoms with Crippen LogP contribution in [-0.2, 0) is 11.3 Å². The van der Waals surface area contributed by atoms with Crippen LogP contribution in [0.15, 0.2) is 24.4 Å². The number of rotatable bonds is 3. The van der Waals surface area contributed by atoms with Crippen LogP contribution < -0.4 is 5.32 Å². The number of halogens is 1. The van der Waals surface area contributed by atoms with Gasteiger partial charge in [-0.1, -0.05) is 6.07 Å². The fourth-order valence-corrected chi connectivity index (χ4v) is 1.65. The van der Waals surface area contributed by atoms with E-state index in [9.17, 15) is 0 Å². The van der Waals surface area contributed by atoms with E-state index in [0.717, 1.165) is 18.8 Å². The summed E-state index contributed by atoms with van der Waals surface area (Å²) in [7, 11) is 0. The van der Waals surface area contributed by atoms with Crippen LogP contribution in [0.4, 0.5) is 0 Å². The van der Waals surface area contributed by atoms with Crippen LogP contribution in [0.25, 0.3) is 0 Å². The summed E-state index contributed by atoms with van der Waals surface area (Å²) in [6.45, 7) is 2.74. The summed E-state index contributed by atoms with van der Waals surface area (Å²) in [6, 6.07) is 5.91. The average Bonchev–Trinajstić information content (AvgIpc) is 2.29. The molecule has 1 fully saturated rings. The van der Waals surface area contributed by atoms with Crippen molar-refractivity contribution in [3.05, 3.63) is 30.1 Å². The van der Waals surface area contributed by atoms with E-state index in [2.05, 4.69) is 10.3 Å². The molecule has 1 aromatic heterocycles. The molecule has 2 rings (SSSR count). The van der Waals surface area contributed by atoms with Crippen LogP contribution in [0, 0.1) is 0 Å². The molecular formula is C11H17ClN2O. The van der Waals surface area contributed by atoms with Gasteiger partial charge in [0.25, 0.3) is 0 Å². The Morgan fingerprint density at radius 2 is 2.40 bits per heavy atom. The molecule has 84 valence electrons. The highest BCUT2D eigenvalue weighted by Gasteiger charge is 2.12. The van der Waals surface area contributed by atoms with E-state index in [1.165, 1.54) is 12.8 Å². The largest absolute Gasteiger partial charge is 0.371 e. The van der Waals surface area contributed by atoms with Crippen LogP contribution in [0.2, 0.25) is 0 Å². The molecule has 1 atom stereocenters. The van der Waals surface area contributed by atoms with Crippen molar-refractivity contribution in [1.29, 1.82) is 0 Å². The first-order valence-electron chi connectivity index (χ1n) is 5.17. The minimum absolute atomic E-state index is 0. The van der Waals surface area contributed by atoms with Crippen LogP contribution >= 0.6 is 12.4 Å². The lowest BCUT2D eigenvalue weighted by Crippen LogP contribution is -2.35. The summed E-state index contributed by atoms with van der Waals surface area (Å²) >= 11 is 0. The Labute approximate surface area is 96.7 Å². The van der Waals surface area contributed by atoms with Gasteiger partial charge in [-0.2, -0.15) is 0 Å². The fraction of sp³-hybridized carbons (Fsp3) is 0.545. The molecule has 2 heterocycles. The van der Waals surface area contributed by atoms with Crippen molar-refractivity contribution in [3.63, 3.8) is 0 Å². The van der Waals surface area contributed by atoms with Gasteiger partial charge in [-0.25, -0.2) is 0 Å². The minimum atomic E-state index is 0. The lowest BCUT2D eigenvalue weighted by atomic mass is 10.1. The van der Waals surface area contributed by atoms with Crippen molar-refractivity contribution in [1.82, 2.24) is 10.3 Å². The van der Waals surface area contributed by atoms with Gasteiger partial charge in [0, 0.05) is 12.7 Å². The summed E-state index contributed by atoms with van der Waals surface area (Å²) in [5.41, 5.74) is 1.01. The molecule has 0 aromatic carbocycles. The zero-order chi connectivity index (χ0) is 9.64. The Morgan fingerprint density at radius 3 is 3.07 bits per heavy atom. The summed E-state index contributed by atoms with van der Waals surface area (Å²) in [6.07, 6.45) is 4.55. The molecule has 1 aliphatic rings. The normalized spacial score (nSPS) is 20.7. The monoisotopic (exact) mass is 228 g/mol. The number of pyridine rings is 1. The molecule has 0 bridgehead atoms. The lowest BCUT2D eigenvalue weighted by Gasteiger charge is -2.22. The number of aromatic nitrogens is 1. The van der Waals surface area contributed by atoms with E-state index in [0.29, 0.717) is 12.7 Å². The van der Waals surface area contributed by atoms with E-state index in [-0.39, 0.29) is 12.4 Å². The van der Waals surface area contributed by atoms with Crippen molar-refractivity contribution in [2.75, 3.05) is 13.1 Å². The highest BCUT2D eigenvalue weighted by molar-refractivity contribution is 5.85. The van der Waals surface area contributed by atoms with Crippen LogP contribution in [-0.4, -0.2) is 24.2 Å². The fourth-order valence-electron chi connectivity index (χ4n) is 1.65. The first-order chi connectivity index (χ1) is 6.95. The Balaban J connectivity index is 0.00000112. The van der Waals surface area contributed by atoms with Gasteiger partial charge in [-0.15, -0.1) is 12.4 Å². The third-order valence-electron chi connectivity index (χ3n) is 2.44. The topological polar surface area (TPSA) is 34.1 Å². The zero-order valence-electron chi connectivity index (χ0n) is 8.69. The quantitative estimate of drug-likeness (QED) is 0.857. The smallest absolute Gasteiger partial charge is 0.0892 e. The molecule has 1 aromatic rings. The molecule has 15 heavy (non-hydrogen) atoms. The predicted molar refractivity (Wildman–Crippen MR) is 62.2 cm³/mol. The lowest BCUT2D eigenvalue weighted by molar-refractivity contribution is 0.0236. The number of nitrogens with zero attached hydrogens (tertiary/aromatic N) is 1. The van der Waals surface area contributed by atoms with Gasteiger partial charge in [0.15, 0.2) is 0 Å². The number of ether oxygens (including phenoxy) is 1. The second-order valence-electron chi connectivity index (χ2n) is 3.60. The van der Waals surface area contributed by atoms with Crippen molar-refractivity contribution in [2.24, 2.45) is 0 Å². The van der Waals surface area contributed by atoms with E-state index >= 15 is 0 Å². The number of hydrogen-bond donors (Lipinski definition) is 1. The second-order valence-corrected chi connectivity index (χ2v) is 3.60. The van der Waals surface area contributed by atoms with E-state index in [4.69, 9.17) is 4.74 Å². The molecule has 4 heteroatoms. The molecule has 1 N–H and O–H groups in total.